The first-order chi connectivity index (χ1) is 12.8. The molecule has 28 heavy (non-hydrogen) atoms. The van der Waals surface area contributed by atoms with Gasteiger partial charge >= 0.3 is 23.9 Å². The van der Waals surface area contributed by atoms with Crippen LogP contribution in [-0.2, 0) is 47.8 Å². The number of hydrogen-bond donors (Lipinski definition) is 0. The molecule has 1 aliphatic rings. The van der Waals surface area contributed by atoms with Crippen molar-refractivity contribution < 1.29 is 47.8 Å². The summed E-state index contributed by atoms with van der Waals surface area (Å²) < 4.78 is 14.6. The van der Waals surface area contributed by atoms with Gasteiger partial charge in [-0.2, -0.15) is 0 Å². The molecule has 0 spiro atoms. The molecule has 0 aromatic rings. The lowest BCUT2D eigenvalue weighted by atomic mass is 10.2. The van der Waals surface area contributed by atoms with Crippen LogP contribution in [0.1, 0.15) is 53.9 Å². The van der Waals surface area contributed by atoms with Crippen molar-refractivity contribution >= 4 is 35.7 Å². The van der Waals surface area contributed by atoms with E-state index in [1.807, 2.05) is 0 Å². The predicted octanol–water partition coefficient (Wildman–Crippen LogP) is 0.189. The van der Waals surface area contributed by atoms with E-state index in [4.69, 9.17) is 14.2 Å². The number of hydrogen-bond acceptors (Lipinski definition) is 10. The highest BCUT2D eigenvalue weighted by Gasteiger charge is 2.37. The lowest BCUT2D eigenvalue weighted by Crippen LogP contribution is -2.40. The molecule has 2 unspecified atom stereocenters. The number of amides is 2. The van der Waals surface area contributed by atoms with Crippen LogP contribution in [0.4, 0.5) is 0 Å². The molecule has 156 valence electrons. The van der Waals surface area contributed by atoms with Gasteiger partial charge < -0.3 is 19.0 Å². The van der Waals surface area contributed by atoms with Crippen LogP contribution >= 0.6 is 0 Å². The van der Waals surface area contributed by atoms with Gasteiger partial charge in [0.25, 0.3) is 11.8 Å². The number of esters is 3. The van der Waals surface area contributed by atoms with Crippen molar-refractivity contribution in [3.8, 4) is 0 Å². The Morgan fingerprint density at radius 3 is 2.00 bits per heavy atom. The van der Waals surface area contributed by atoms with Gasteiger partial charge in [-0.1, -0.05) is 0 Å². The topological polar surface area (TPSA) is 143 Å². The van der Waals surface area contributed by atoms with Gasteiger partial charge in [0.05, 0.1) is 6.42 Å². The quantitative estimate of drug-likeness (QED) is 0.329. The summed E-state index contributed by atoms with van der Waals surface area (Å²) in [5.74, 6) is -5.54. The van der Waals surface area contributed by atoms with E-state index in [0.29, 0.717) is 0 Å². The van der Waals surface area contributed by atoms with Crippen LogP contribution in [0.25, 0.3) is 0 Å². The largest absolute Gasteiger partial charge is 0.457 e. The summed E-state index contributed by atoms with van der Waals surface area (Å²) in [6.45, 7) is 7.15. The number of carbonyl (C=O) groups is 6. The zero-order valence-corrected chi connectivity index (χ0v) is 16.3. The Hall–Kier alpha value is -2.98. The maximum atomic E-state index is 12.1. The second kappa shape index (κ2) is 9.29. The fourth-order valence-electron chi connectivity index (χ4n) is 2.01. The lowest BCUT2D eigenvalue weighted by molar-refractivity contribution is -0.206. The first-order valence-corrected chi connectivity index (χ1v) is 8.47. The summed E-state index contributed by atoms with van der Waals surface area (Å²) in [5, 5.41) is 0.257. The fourth-order valence-corrected chi connectivity index (χ4v) is 2.01. The minimum absolute atomic E-state index is 0.125. The van der Waals surface area contributed by atoms with E-state index in [1.165, 1.54) is 6.92 Å². The molecule has 2 atom stereocenters. The van der Waals surface area contributed by atoms with Crippen LogP contribution in [-0.4, -0.2) is 58.6 Å². The molecule has 11 nitrogen and oxygen atoms in total. The Morgan fingerprint density at radius 1 is 1.00 bits per heavy atom. The molecule has 0 N–H and O–H groups in total. The Morgan fingerprint density at radius 2 is 1.54 bits per heavy atom. The third-order valence-corrected chi connectivity index (χ3v) is 3.16. The van der Waals surface area contributed by atoms with Gasteiger partial charge in [-0.3, -0.25) is 19.2 Å². The second-order valence-electron chi connectivity index (χ2n) is 6.96. The number of imide groups is 1. The first kappa shape index (κ1) is 23.1. The molecule has 0 aromatic carbocycles. The van der Waals surface area contributed by atoms with Gasteiger partial charge in [0.2, 0.25) is 6.10 Å². The summed E-state index contributed by atoms with van der Waals surface area (Å²) >= 11 is 0. The molecule has 1 rings (SSSR count). The molecule has 11 heteroatoms. The van der Waals surface area contributed by atoms with Crippen molar-refractivity contribution in [2.75, 3.05) is 0 Å². The molecular weight excluding hydrogens is 378 g/mol. The van der Waals surface area contributed by atoms with E-state index in [0.717, 1.165) is 6.92 Å². The third kappa shape index (κ3) is 7.33. The minimum atomic E-state index is -1.77. The van der Waals surface area contributed by atoms with Gasteiger partial charge in [-0.25, -0.2) is 9.59 Å². The number of nitrogens with zero attached hydrogens (tertiary/aromatic N) is 1. The summed E-state index contributed by atoms with van der Waals surface area (Å²) in [6, 6.07) is 0. The SMILES string of the molecule is CC(=O)OC(CC(=O)OC(C)C(=O)OC(C)(C)C)C(=O)ON1C(=O)CCC1=O. The monoisotopic (exact) mass is 401 g/mol. The van der Waals surface area contributed by atoms with Gasteiger partial charge in [0.15, 0.2) is 6.10 Å². The molecule has 0 radical (unpaired) electrons. The Bertz CT molecular complexity index is 662. The number of carbonyl (C=O) groups excluding carboxylic acids is 6. The molecule has 1 aliphatic heterocycles. The highest BCUT2D eigenvalue weighted by atomic mass is 16.7. The van der Waals surface area contributed by atoms with Crippen molar-refractivity contribution in [3.63, 3.8) is 0 Å². The normalized spacial score (nSPS) is 16.2. The highest BCUT2D eigenvalue weighted by Crippen LogP contribution is 2.15. The van der Waals surface area contributed by atoms with E-state index in [9.17, 15) is 28.8 Å². The number of rotatable bonds is 7. The standard InChI is InChI=1S/C17H23NO10/c1-9(15(23)27-17(3,4)5)25-14(22)8-11(26-10(2)19)16(24)28-18-12(20)6-7-13(18)21/h9,11H,6-8H2,1-5H3. The molecule has 1 fully saturated rings. The van der Waals surface area contributed by atoms with Crippen molar-refractivity contribution in [2.24, 2.45) is 0 Å². The second-order valence-corrected chi connectivity index (χ2v) is 6.96. The smallest absolute Gasteiger partial charge is 0.374 e. The van der Waals surface area contributed by atoms with Gasteiger partial charge in [-0.15, -0.1) is 5.06 Å². The van der Waals surface area contributed by atoms with Crippen LogP contribution < -0.4 is 0 Å². The summed E-state index contributed by atoms with van der Waals surface area (Å²) in [5.41, 5.74) is -0.795. The maximum Gasteiger partial charge on any atom is 0.374 e. The van der Waals surface area contributed by atoms with Crippen molar-refractivity contribution in [3.05, 3.63) is 0 Å². The van der Waals surface area contributed by atoms with E-state index in [-0.39, 0.29) is 17.9 Å². The van der Waals surface area contributed by atoms with Crippen LogP contribution in [0.15, 0.2) is 0 Å². The Labute approximate surface area is 161 Å². The van der Waals surface area contributed by atoms with Crippen molar-refractivity contribution in [1.82, 2.24) is 5.06 Å². The van der Waals surface area contributed by atoms with Crippen LogP contribution in [0.3, 0.4) is 0 Å². The van der Waals surface area contributed by atoms with Gasteiger partial charge in [0, 0.05) is 19.8 Å². The summed E-state index contributed by atoms with van der Waals surface area (Å²) in [6.07, 6.45) is -4.08. The summed E-state index contributed by atoms with van der Waals surface area (Å²) in [4.78, 5) is 74.8. The molecule has 0 saturated carbocycles. The molecule has 1 saturated heterocycles. The minimum Gasteiger partial charge on any atom is -0.457 e. The first-order valence-electron chi connectivity index (χ1n) is 8.47. The van der Waals surface area contributed by atoms with Crippen LogP contribution in [0, 0.1) is 0 Å². The fraction of sp³-hybridized carbons (Fsp3) is 0.647. The molecule has 0 aromatic heterocycles. The Balaban J connectivity index is 2.71. The molecule has 0 bridgehead atoms. The third-order valence-electron chi connectivity index (χ3n) is 3.16. The van der Waals surface area contributed by atoms with E-state index in [1.54, 1.807) is 20.8 Å². The van der Waals surface area contributed by atoms with E-state index < -0.39 is 59.9 Å². The number of ether oxygens (including phenoxy) is 3. The molecule has 1 heterocycles. The maximum absolute atomic E-state index is 12.1. The molecular formula is C17H23NO10. The molecule has 0 aliphatic carbocycles. The summed E-state index contributed by atoms with van der Waals surface area (Å²) in [7, 11) is 0. The predicted molar refractivity (Wildman–Crippen MR) is 88.7 cm³/mol. The van der Waals surface area contributed by atoms with Gasteiger partial charge in [-0.05, 0) is 27.7 Å². The zero-order chi connectivity index (χ0) is 21.6. The van der Waals surface area contributed by atoms with Crippen molar-refractivity contribution in [1.29, 1.82) is 0 Å². The van der Waals surface area contributed by atoms with Crippen molar-refractivity contribution in [2.45, 2.75) is 71.7 Å². The van der Waals surface area contributed by atoms with Crippen LogP contribution in [0.2, 0.25) is 0 Å². The zero-order valence-electron chi connectivity index (χ0n) is 16.3. The van der Waals surface area contributed by atoms with E-state index >= 15 is 0 Å². The van der Waals surface area contributed by atoms with Crippen LogP contribution in [0.5, 0.6) is 0 Å². The molecule has 2 amide bonds. The average molecular weight is 401 g/mol. The highest BCUT2D eigenvalue weighted by molar-refractivity contribution is 6.02. The Kier molecular flexibility index (Phi) is 7.65. The van der Waals surface area contributed by atoms with E-state index in [2.05, 4.69) is 4.84 Å². The lowest BCUT2D eigenvalue weighted by Gasteiger charge is -2.23. The number of hydroxylamine groups is 2. The average Bonchev–Trinajstić information content (AvgIpc) is 2.83. The van der Waals surface area contributed by atoms with Gasteiger partial charge in [0.1, 0.15) is 5.60 Å².